The number of hydrogen-bond acceptors (Lipinski definition) is 4. The molecular weight excluding hydrogens is 376 g/mol. The number of sulfonamides is 1. The van der Waals surface area contributed by atoms with Crippen LogP contribution in [0.5, 0.6) is 0 Å². The predicted octanol–water partition coefficient (Wildman–Crippen LogP) is 2.20. The summed E-state index contributed by atoms with van der Waals surface area (Å²) in [7, 11) is -2.27. The van der Waals surface area contributed by atoms with Gasteiger partial charge in [-0.1, -0.05) is 23.7 Å². The second kappa shape index (κ2) is 6.91. The van der Waals surface area contributed by atoms with E-state index in [2.05, 4.69) is 10.4 Å². The lowest BCUT2D eigenvalue weighted by molar-refractivity contribution is 0.0957. The SMILES string of the molecule is CNC(=O)c1cc(-c2ccc(Cl)cc2)n(-c2ccc(S(N)(=O)=O)cc2)n1. The highest BCUT2D eigenvalue weighted by atomic mass is 35.5. The van der Waals surface area contributed by atoms with Crippen LogP contribution >= 0.6 is 11.6 Å². The quantitative estimate of drug-likeness (QED) is 0.711. The fourth-order valence-electron chi connectivity index (χ4n) is 2.42. The lowest BCUT2D eigenvalue weighted by Crippen LogP contribution is -2.18. The van der Waals surface area contributed by atoms with Crippen molar-refractivity contribution in [2.75, 3.05) is 7.05 Å². The van der Waals surface area contributed by atoms with Gasteiger partial charge < -0.3 is 5.32 Å². The van der Waals surface area contributed by atoms with Gasteiger partial charge in [0.2, 0.25) is 10.0 Å². The van der Waals surface area contributed by atoms with Crippen LogP contribution in [0.3, 0.4) is 0 Å². The summed E-state index contributed by atoms with van der Waals surface area (Å²) in [5, 5.41) is 12.6. The molecule has 0 bridgehead atoms. The molecular formula is C17H15ClN4O3S. The molecule has 3 aromatic rings. The van der Waals surface area contributed by atoms with Crippen LogP contribution in [0, 0.1) is 0 Å². The van der Waals surface area contributed by atoms with Gasteiger partial charge in [0.1, 0.15) is 0 Å². The minimum atomic E-state index is -3.79. The van der Waals surface area contributed by atoms with Gasteiger partial charge in [-0.25, -0.2) is 18.2 Å². The zero-order chi connectivity index (χ0) is 18.9. The van der Waals surface area contributed by atoms with Gasteiger partial charge in [-0.2, -0.15) is 5.10 Å². The van der Waals surface area contributed by atoms with Crippen molar-refractivity contribution in [3.8, 4) is 16.9 Å². The number of benzene rings is 2. The summed E-state index contributed by atoms with van der Waals surface area (Å²) < 4.78 is 24.4. The molecule has 9 heteroatoms. The maximum absolute atomic E-state index is 12.0. The van der Waals surface area contributed by atoms with Crippen LogP contribution in [0.1, 0.15) is 10.5 Å². The first-order valence-corrected chi connectivity index (χ1v) is 9.43. The zero-order valence-electron chi connectivity index (χ0n) is 13.7. The van der Waals surface area contributed by atoms with Gasteiger partial charge in [-0.15, -0.1) is 0 Å². The number of amides is 1. The zero-order valence-corrected chi connectivity index (χ0v) is 15.3. The minimum Gasteiger partial charge on any atom is -0.354 e. The Hall–Kier alpha value is -2.68. The van der Waals surface area contributed by atoms with E-state index in [4.69, 9.17) is 16.7 Å². The Morgan fingerprint density at radius 1 is 1.12 bits per heavy atom. The van der Waals surface area contributed by atoms with E-state index in [9.17, 15) is 13.2 Å². The van der Waals surface area contributed by atoms with Crippen molar-refractivity contribution in [3.63, 3.8) is 0 Å². The second-order valence-electron chi connectivity index (χ2n) is 5.45. The van der Waals surface area contributed by atoms with Gasteiger partial charge in [0.25, 0.3) is 5.91 Å². The fraction of sp³-hybridized carbons (Fsp3) is 0.0588. The summed E-state index contributed by atoms with van der Waals surface area (Å²) >= 11 is 5.94. The number of hydrogen-bond donors (Lipinski definition) is 2. The molecule has 2 aromatic carbocycles. The summed E-state index contributed by atoms with van der Waals surface area (Å²) in [6, 6.07) is 14.6. The van der Waals surface area contributed by atoms with Gasteiger partial charge in [-0.05, 0) is 42.5 Å². The normalized spacial score (nSPS) is 11.3. The summed E-state index contributed by atoms with van der Waals surface area (Å²) in [6.07, 6.45) is 0. The van der Waals surface area contributed by atoms with Crippen molar-refractivity contribution in [2.24, 2.45) is 5.14 Å². The van der Waals surface area contributed by atoms with E-state index in [0.717, 1.165) is 5.56 Å². The maximum Gasteiger partial charge on any atom is 0.271 e. The Kier molecular flexibility index (Phi) is 4.82. The van der Waals surface area contributed by atoms with E-state index < -0.39 is 10.0 Å². The molecule has 134 valence electrons. The summed E-state index contributed by atoms with van der Waals surface area (Å²) in [5.74, 6) is -0.333. The minimum absolute atomic E-state index is 0.00651. The van der Waals surface area contributed by atoms with E-state index in [1.165, 1.54) is 19.2 Å². The lowest BCUT2D eigenvalue weighted by Gasteiger charge is -2.08. The van der Waals surface area contributed by atoms with Crippen LogP contribution in [0.2, 0.25) is 5.02 Å². The molecule has 0 atom stereocenters. The molecule has 0 unspecified atom stereocenters. The molecule has 0 aliphatic rings. The lowest BCUT2D eigenvalue weighted by atomic mass is 10.1. The highest BCUT2D eigenvalue weighted by molar-refractivity contribution is 7.89. The topological polar surface area (TPSA) is 107 Å². The van der Waals surface area contributed by atoms with Gasteiger partial charge in [-0.3, -0.25) is 4.79 Å². The van der Waals surface area contributed by atoms with Crippen molar-refractivity contribution >= 4 is 27.5 Å². The first-order valence-electron chi connectivity index (χ1n) is 7.51. The maximum atomic E-state index is 12.0. The van der Waals surface area contributed by atoms with E-state index in [1.54, 1.807) is 35.0 Å². The van der Waals surface area contributed by atoms with Crippen LogP contribution in [0.15, 0.2) is 59.5 Å². The van der Waals surface area contributed by atoms with Gasteiger partial charge in [0.05, 0.1) is 16.3 Å². The van der Waals surface area contributed by atoms with Crippen LogP contribution in [0.25, 0.3) is 16.9 Å². The molecule has 1 aromatic heterocycles. The van der Waals surface area contributed by atoms with E-state index in [0.29, 0.717) is 16.4 Å². The third-order valence-corrected chi connectivity index (χ3v) is 4.90. The molecule has 0 saturated carbocycles. The largest absolute Gasteiger partial charge is 0.354 e. The van der Waals surface area contributed by atoms with Crippen LogP contribution in [-0.2, 0) is 10.0 Å². The van der Waals surface area contributed by atoms with Crippen molar-refractivity contribution in [2.45, 2.75) is 4.90 Å². The summed E-state index contributed by atoms with van der Waals surface area (Å²) in [4.78, 5) is 12.0. The summed E-state index contributed by atoms with van der Waals surface area (Å²) in [5.41, 5.74) is 2.27. The van der Waals surface area contributed by atoms with Crippen LogP contribution in [0.4, 0.5) is 0 Å². The highest BCUT2D eigenvalue weighted by Gasteiger charge is 2.16. The number of primary sulfonamides is 1. The second-order valence-corrected chi connectivity index (χ2v) is 7.45. The molecule has 0 spiro atoms. The standard InChI is InChI=1S/C17H15ClN4O3S/c1-20-17(23)15-10-16(11-2-4-12(18)5-3-11)22(21-15)13-6-8-14(9-7-13)26(19,24)25/h2-10H,1H3,(H,20,23)(H2,19,24,25). The number of carbonyl (C=O) groups excluding carboxylic acids is 1. The third-order valence-electron chi connectivity index (χ3n) is 3.72. The van der Waals surface area contributed by atoms with Crippen molar-refractivity contribution in [3.05, 3.63) is 65.3 Å². The molecule has 1 amide bonds. The first-order chi connectivity index (χ1) is 12.3. The molecule has 1 heterocycles. The molecule has 3 N–H and O–H groups in total. The number of rotatable bonds is 4. The third kappa shape index (κ3) is 3.62. The first kappa shape index (κ1) is 18.1. The van der Waals surface area contributed by atoms with Crippen molar-refractivity contribution in [1.82, 2.24) is 15.1 Å². The van der Waals surface area contributed by atoms with E-state index in [-0.39, 0.29) is 16.5 Å². The van der Waals surface area contributed by atoms with Crippen LogP contribution in [-0.4, -0.2) is 31.2 Å². The van der Waals surface area contributed by atoms with Crippen LogP contribution < -0.4 is 10.5 Å². The Morgan fingerprint density at radius 2 is 1.73 bits per heavy atom. The highest BCUT2D eigenvalue weighted by Crippen LogP contribution is 2.26. The van der Waals surface area contributed by atoms with Crippen molar-refractivity contribution in [1.29, 1.82) is 0 Å². The van der Waals surface area contributed by atoms with E-state index >= 15 is 0 Å². The average molecular weight is 391 g/mol. The number of aromatic nitrogens is 2. The number of halogens is 1. The molecule has 26 heavy (non-hydrogen) atoms. The Balaban J connectivity index is 2.14. The summed E-state index contributed by atoms with van der Waals surface area (Å²) in [6.45, 7) is 0. The smallest absolute Gasteiger partial charge is 0.271 e. The number of carbonyl (C=O) groups is 1. The fourth-order valence-corrected chi connectivity index (χ4v) is 3.06. The van der Waals surface area contributed by atoms with Gasteiger partial charge in [0, 0.05) is 17.6 Å². The monoisotopic (exact) mass is 390 g/mol. The molecule has 0 saturated heterocycles. The Bertz CT molecular complexity index is 1060. The molecule has 3 rings (SSSR count). The molecule has 0 radical (unpaired) electrons. The number of nitrogens with zero attached hydrogens (tertiary/aromatic N) is 2. The van der Waals surface area contributed by atoms with Gasteiger partial charge in [0.15, 0.2) is 5.69 Å². The van der Waals surface area contributed by atoms with Gasteiger partial charge >= 0.3 is 0 Å². The number of nitrogens with one attached hydrogen (secondary N) is 1. The molecule has 7 nitrogen and oxygen atoms in total. The molecule has 0 aliphatic carbocycles. The average Bonchev–Trinajstić information content (AvgIpc) is 3.06. The molecule has 0 fully saturated rings. The molecule has 0 aliphatic heterocycles. The number of nitrogens with two attached hydrogens (primary N) is 1. The predicted molar refractivity (Wildman–Crippen MR) is 98.8 cm³/mol. The Morgan fingerprint density at radius 3 is 2.27 bits per heavy atom. The van der Waals surface area contributed by atoms with E-state index in [1.807, 2.05) is 12.1 Å². The Labute approximate surface area is 155 Å². The van der Waals surface area contributed by atoms with Crippen molar-refractivity contribution < 1.29 is 13.2 Å².